The molecule has 2 heterocycles. The summed E-state index contributed by atoms with van der Waals surface area (Å²) in [7, 11) is 3.49. The Hall–Kier alpha value is -0.850. The van der Waals surface area contributed by atoms with Crippen molar-refractivity contribution in [3.63, 3.8) is 0 Å². The lowest BCUT2D eigenvalue weighted by atomic mass is 10.2. The van der Waals surface area contributed by atoms with Gasteiger partial charge in [-0.1, -0.05) is 11.8 Å². The van der Waals surface area contributed by atoms with Gasteiger partial charge < -0.3 is 4.74 Å². The Kier molecular flexibility index (Phi) is 3.64. The van der Waals surface area contributed by atoms with E-state index in [1.54, 1.807) is 34.8 Å². The number of aryl methyl sites for hydroxylation is 2. The molecule has 2 aromatic rings. The van der Waals surface area contributed by atoms with Crippen molar-refractivity contribution in [1.82, 2.24) is 9.55 Å². The van der Waals surface area contributed by atoms with Gasteiger partial charge in [-0.25, -0.2) is 4.98 Å². The minimum absolute atomic E-state index is 0.101. The van der Waals surface area contributed by atoms with Crippen molar-refractivity contribution >= 4 is 33.3 Å². The van der Waals surface area contributed by atoms with Crippen LogP contribution in [0.2, 0.25) is 0 Å². The number of aromatic nitrogens is 2. The molecule has 0 amide bonds. The van der Waals surface area contributed by atoms with E-state index in [4.69, 9.17) is 4.74 Å². The Labute approximate surface area is 119 Å². The fraction of sp³-hybridized carbons (Fsp3) is 0.538. The van der Waals surface area contributed by atoms with E-state index in [1.807, 2.05) is 7.05 Å². The first-order valence-electron chi connectivity index (χ1n) is 6.35. The number of fused-ring (bicyclic) bond motifs is 3. The minimum atomic E-state index is 0.101. The highest BCUT2D eigenvalue weighted by atomic mass is 32.2. The molecule has 6 heteroatoms. The van der Waals surface area contributed by atoms with E-state index in [-0.39, 0.29) is 5.56 Å². The lowest BCUT2D eigenvalue weighted by Crippen LogP contribution is -2.20. The molecule has 0 saturated carbocycles. The maximum absolute atomic E-state index is 12.5. The Bertz CT molecular complexity index is 675. The molecular formula is C13H16N2O2S2. The highest BCUT2D eigenvalue weighted by Gasteiger charge is 2.22. The Morgan fingerprint density at radius 2 is 2.32 bits per heavy atom. The first kappa shape index (κ1) is 13.1. The first-order valence-corrected chi connectivity index (χ1v) is 8.15. The number of hydrogen-bond acceptors (Lipinski definition) is 5. The number of thioether (sulfide) groups is 1. The number of ether oxygens (including phenoxy) is 1. The van der Waals surface area contributed by atoms with Gasteiger partial charge in [0.2, 0.25) is 0 Å². The van der Waals surface area contributed by atoms with Crippen molar-refractivity contribution in [2.24, 2.45) is 7.05 Å². The zero-order valence-electron chi connectivity index (χ0n) is 11.1. The summed E-state index contributed by atoms with van der Waals surface area (Å²) in [5.74, 6) is 0.813. The molecule has 0 unspecified atom stereocenters. The second-order valence-electron chi connectivity index (χ2n) is 4.64. The summed E-state index contributed by atoms with van der Waals surface area (Å²) in [6, 6.07) is 0. The molecule has 0 saturated heterocycles. The molecule has 2 aromatic heterocycles. The molecule has 0 spiro atoms. The topological polar surface area (TPSA) is 44.1 Å². The molecule has 102 valence electrons. The average Bonchev–Trinajstić information content (AvgIpc) is 2.95. The summed E-state index contributed by atoms with van der Waals surface area (Å²) in [6.45, 7) is 0.666. The number of hydrogen-bond donors (Lipinski definition) is 0. The van der Waals surface area contributed by atoms with E-state index in [9.17, 15) is 4.79 Å². The maximum atomic E-state index is 12.5. The quantitative estimate of drug-likeness (QED) is 0.493. The van der Waals surface area contributed by atoms with Gasteiger partial charge in [0.1, 0.15) is 4.83 Å². The summed E-state index contributed by atoms with van der Waals surface area (Å²) in [4.78, 5) is 19.4. The highest BCUT2D eigenvalue weighted by molar-refractivity contribution is 7.99. The van der Waals surface area contributed by atoms with Gasteiger partial charge in [0.05, 0.1) is 12.0 Å². The second-order valence-corrected chi connectivity index (χ2v) is 6.78. The highest BCUT2D eigenvalue weighted by Crippen LogP contribution is 2.35. The molecule has 3 rings (SSSR count). The Morgan fingerprint density at radius 1 is 1.47 bits per heavy atom. The van der Waals surface area contributed by atoms with Gasteiger partial charge in [-0.05, 0) is 24.8 Å². The van der Waals surface area contributed by atoms with E-state index >= 15 is 0 Å². The summed E-state index contributed by atoms with van der Waals surface area (Å²) in [5.41, 5.74) is 1.35. The van der Waals surface area contributed by atoms with Crippen molar-refractivity contribution in [3.8, 4) is 0 Å². The predicted octanol–water partition coefficient (Wildman–Crippen LogP) is 2.22. The van der Waals surface area contributed by atoms with Crippen molar-refractivity contribution in [3.05, 3.63) is 20.8 Å². The molecule has 0 aliphatic heterocycles. The van der Waals surface area contributed by atoms with Crippen LogP contribution in [-0.4, -0.2) is 29.0 Å². The van der Waals surface area contributed by atoms with Gasteiger partial charge in [0.25, 0.3) is 5.56 Å². The molecule has 1 aliphatic rings. The monoisotopic (exact) mass is 296 g/mol. The third kappa shape index (κ3) is 2.22. The fourth-order valence-electron chi connectivity index (χ4n) is 2.45. The van der Waals surface area contributed by atoms with Gasteiger partial charge in [-0.15, -0.1) is 11.3 Å². The van der Waals surface area contributed by atoms with Crippen molar-refractivity contribution in [2.45, 2.75) is 24.4 Å². The van der Waals surface area contributed by atoms with Crippen LogP contribution >= 0.6 is 23.1 Å². The van der Waals surface area contributed by atoms with Crippen LogP contribution in [0.3, 0.4) is 0 Å². The smallest absolute Gasteiger partial charge is 0.262 e. The summed E-state index contributed by atoms with van der Waals surface area (Å²) >= 11 is 3.27. The van der Waals surface area contributed by atoms with Crippen LogP contribution in [0.1, 0.15) is 16.9 Å². The van der Waals surface area contributed by atoms with Crippen LogP contribution in [0.5, 0.6) is 0 Å². The normalized spacial score (nSPS) is 14.2. The van der Waals surface area contributed by atoms with Crippen LogP contribution in [-0.2, 0) is 24.6 Å². The van der Waals surface area contributed by atoms with Gasteiger partial charge in [-0.2, -0.15) is 0 Å². The van der Waals surface area contributed by atoms with Crippen LogP contribution < -0.4 is 5.56 Å². The van der Waals surface area contributed by atoms with Crippen molar-refractivity contribution < 1.29 is 4.74 Å². The molecular weight excluding hydrogens is 280 g/mol. The second kappa shape index (κ2) is 5.26. The number of methoxy groups -OCH3 is 1. The van der Waals surface area contributed by atoms with E-state index in [2.05, 4.69) is 4.98 Å². The molecule has 0 aromatic carbocycles. The fourth-order valence-corrected chi connectivity index (χ4v) is 4.63. The van der Waals surface area contributed by atoms with E-state index < -0.39 is 0 Å². The van der Waals surface area contributed by atoms with Crippen LogP contribution in [0.25, 0.3) is 10.2 Å². The molecule has 0 bridgehead atoms. The van der Waals surface area contributed by atoms with Gasteiger partial charge in [-0.3, -0.25) is 9.36 Å². The van der Waals surface area contributed by atoms with E-state index in [1.165, 1.54) is 16.9 Å². The number of rotatable bonds is 4. The lowest BCUT2D eigenvalue weighted by molar-refractivity contribution is 0.218. The third-order valence-corrected chi connectivity index (χ3v) is 5.60. The Balaban J connectivity index is 2.07. The van der Waals surface area contributed by atoms with E-state index in [0.29, 0.717) is 6.61 Å². The van der Waals surface area contributed by atoms with Gasteiger partial charge in [0.15, 0.2) is 5.16 Å². The zero-order valence-corrected chi connectivity index (χ0v) is 12.7. The first-order chi connectivity index (χ1) is 9.22. The Morgan fingerprint density at radius 3 is 3.11 bits per heavy atom. The number of nitrogens with zero attached hydrogens (tertiary/aromatic N) is 2. The average molecular weight is 296 g/mol. The summed E-state index contributed by atoms with van der Waals surface area (Å²) in [6.07, 6.45) is 3.30. The molecule has 1 aliphatic carbocycles. The summed E-state index contributed by atoms with van der Waals surface area (Å²) < 4.78 is 6.71. The van der Waals surface area contributed by atoms with Crippen LogP contribution in [0.4, 0.5) is 0 Å². The number of thiophene rings is 1. The molecule has 0 N–H and O–H groups in total. The maximum Gasteiger partial charge on any atom is 0.262 e. The largest absolute Gasteiger partial charge is 0.384 e. The van der Waals surface area contributed by atoms with Crippen LogP contribution in [0, 0.1) is 0 Å². The zero-order chi connectivity index (χ0) is 13.4. The molecule has 19 heavy (non-hydrogen) atoms. The van der Waals surface area contributed by atoms with Gasteiger partial charge in [0, 0.05) is 24.8 Å². The lowest BCUT2D eigenvalue weighted by Gasteiger charge is -2.07. The SMILES string of the molecule is COCCSc1nc2sc3c(c2c(=O)n1C)CCC3. The minimum Gasteiger partial charge on any atom is -0.384 e. The molecule has 0 radical (unpaired) electrons. The van der Waals surface area contributed by atoms with Gasteiger partial charge >= 0.3 is 0 Å². The predicted molar refractivity (Wildman–Crippen MR) is 79.5 cm³/mol. The van der Waals surface area contributed by atoms with Crippen LogP contribution in [0.15, 0.2) is 9.95 Å². The van der Waals surface area contributed by atoms with Crippen molar-refractivity contribution in [2.75, 3.05) is 19.5 Å². The summed E-state index contributed by atoms with van der Waals surface area (Å²) in [5, 5.41) is 1.64. The molecule has 4 nitrogen and oxygen atoms in total. The van der Waals surface area contributed by atoms with Crippen molar-refractivity contribution in [1.29, 1.82) is 0 Å². The third-order valence-electron chi connectivity index (χ3n) is 3.42. The molecule has 0 fully saturated rings. The standard InChI is InChI=1S/C13H16N2O2S2/c1-15-12(16)10-8-4-3-5-9(8)19-11(10)14-13(15)18-7-6-17-2/h3-7H2,1-2H3. The molecule has 0 atom stereocenters. The van der Waals surface area contributed by atoms with E-state index in [0.717, 1.165) is 34.0 Å².